The summed E-state index contributed by atoms with van der Waals surface area (Å²) < 4.78 is 6.71. The highest BCUT2D eigenvalue weighted by atomic mass is 16.5. The lowest BCUT2D eigenvalue weighted by Gasteiger charge is -2.31. The van der Waals surface area contributed by atoms with Crippen LogP contribution in [0.3, 0.4) is 0 Å². The van der Waals surface area contributed by atoms with Crippen LogP contribution >= 0.6 is 0 Å². The minimum atomic E-state index is -0.639. The molecule has 3 nitrogen and oxygen atoms in total. The van der Waals surface area contributed by atoms with E-state index in [0.717, 1.165) is 41.7 Å². The van der Waals surface area contributed by atoms with Crippen LogP contribution in [0.5, 0.6) is 5.75 Å². The fourth-order valence-corrected chi connectivity index (χ4v) is 6.13. The maximum atomic E-state index is 10.9. The molecule has 1 atom stereocenters. The summed E-state index contributed by atoms with van der Waals surface area (Å²) in [5, 5.41) is 21.2. The van der Waals surface area contributed by atoms with Gasteiger partial charge in [0.25, 0.3) is 0 Å². The van der Waals surface area contributed by atoms with Gasteiger partial charge in [0.15, 0.2) is 0 Å². The third-order valence-corrected chi connectivity index (χ3v) is 8.27. The van der Waals surface area contributed by atoms with Gasteiger partial charge >= 0.3 is 0 Å². The molecule has 6 rings (SSSR count). The molecule has 2 aliphatic rings. The number of hydrogen-bond donors (Lipinski definition) is 2. The number of rotatable bonds is 8. The Morgan fingerprint density at radius 1 is 0.795 bits per heavy atom. The molecule has 1 fully saturated rings. The Labute approximate surface area is 232 Å². The average molecular weight is 519 g/mol. The van der Waals surface area contributed by atoms with Crippen molar-refractivity contribution in [3.8, 4) is 39.1 Å². The highest BCUT2D eigenvalue weighted by molar-refractivity contribution is 5.99. The molecule has 0 saturated heterocycles. The zero-order valence-electron chi connectivity index (χ0n) is 23.2. The summed E-state index contributed by atoms with van der Waals surface area (Å²) in [6, 6.07) is 29.9. The van der Waals surface area contributed by atoms with Crippen LogP contribution in [0.25, 0.3) is 33.4 Å². The fourth-order valence-electron chi connectivity index (χ4n) is 6.13. The van der Waals surface area contributed by atoms with Gasteiger partial charge in [-0.05, 0) is 70.0 Å². The van der Waals surface area contributed by atoms with Gasteiger partial charge in [0, 0.05) is 17.5 Å². The van der Waals surface area contributed by atoms with Crippen LogP contribution in [0.4, 0.5) is 0 Å². The second kappa shape index (κ2) is 9.97. The number of hydrogen-bond acceptors (Lipinski definition) is 3. The predicted molar refractivity (Wildman–Crippen MR) is 159 cm³/mol. The molecule has 1 saturated carbocycles. The average Bonchev–Trinajstić information content (AvgIpc) is 3.56. The van der Waals surface area contributed by atoms with Crippen LogP contribution in [-0.2, 0) is 11.8 Å². The lowest BCUT2D eigenvalue weighted by molar-refractivity contribution is 0.0693. The summed E-state index contributed by atoms with van der Waals surface area (Å²) in [5.41, 5.74) is 10.2. The largest absolute Gasteiger partial charge is 0.490 e. The van der Waals surface area contributed by atoms with E-state index in [1.54, 1.807) is 0 Å². The van der Waals surface area contributed by atoms with Crippen LogP contribution in [0.2, 0.25) is 0 Å². The SMILES string of the molecule is CC(C)(C)c1c2c(c(OC[C@H](O)CCC3(O)CC3)c(-c3ccccc3)c1-c1ccccc1)Cc1ccccc1-2. The number of aliphatic hydroxyl groups is 2. The maximum absolute atomic E-state index is 10.9. The fraction of sp³-hybridized carbons (Fsp3) is 0.333. The molecule has 2 aliphatic carbocycles. The summed E-state index contributed by atoms with van der Waals surface area (Å²) in [5.74, 6) is 0.864. The normalized spacial score (nSPS) is 15.9. The third-order valence-electron chi connectivity index (χ3n) is 8.27. The minimum absolute atomic E-state index is 0.131. The second-order valence-corrected chi connectivity index (χ2v) is 12.4. The number of fused-ring (bicyclic) bond motifs is 3. The van der Waals surface area contributed by atoms with E-state index >= 15 is 0 Å². The summed E-state index contributed by atoms with van der Waals surface area (Å²) >= 11 is 0. The van der Waals surface area contributed by atoms with E-state index in [1.807, 2.05) is 6.07 Å². The first-order chi connectivity index (χ1) is 18.8. The van der Waals surface area contributed by atoms with Crippen molar-refractivity contribution < 1.29 is 14.9 Å². The quantitative estimate of drug-likeness (QED) is 0.219. The van der Waals surface area contributed by atoms with Gasteiger partial charge < -0.3 is 14.9 Å². The summed E-state index contributed by atoms with van der Waals surface area (Å²) in [4.78, 5) is 0. The molecule has 0 bridgehead atoms. The molecule has 2 N–H and O–H groups in total. The van der Waals surface area contributed by atoms with E-state index < -0.39 is 11.7 Å². The van der Waals surface area contributed by atoms with Gasteiger partial charge in [-0.15, -0.1) is 0 Å². The Morgan fingerprint density at radius 2 is 1.38 bits per heavy atom. The first-order valence-corrected chi connectivity index (χ1v) is 14.2. The van der Waals surface area contributed by atoms with E-state index in [2.05, 4.69) is 99.6 Å². The lowest BCUT2D eigenvalue weighted by atomic mass is 9.74. The molecule has 4 aromatic rings. The van der Waals surface area contributed by atoms with Gasteiger partial charge in [-0.1, -0.05) is 106 Å². The number of aliphatic hydroxyl groups excluding tert-OH is 1. The zero-order valence-corrected chi connectivity index (χ0v) is 23.2. The molecular formula is C36H38O3. The molecule has 200 valence electrons. The Morgan fingerprint density at radius 3 is 2.00 bits per heavy atom. The molecule has 0 heterocycles. The first-order valence-electron chi connectivity index (χ1n) is 14.2. The van der Waals surface area contributed by atoms with Gasteiger partial charge in [0.2, 0.25) is 0 Å². The maximum Gasteiger partial charge on any atom is 0.132 e. The monoisotopic (exact) mass is 518 g/mol. The van der Waals surface area contributed by atoms with Crippen molar-refractivity contribution in [3.05, 3.63) is 102 Å². The molecule has 0 unspecified atom stereocenters. The summed E-state index contributed by atoms with van der Waals surface area (Å²) in [7, 11) is 0. The van der Waals surface area contributed by atoms with Crippen LogP contribution < -0.4 is 4.74 Å². The van der Waals surface area contributed by atoms with Gasteiger partial charge in [-0.25, -0.2) is 0 Å². The van der Waals surface area contributed by atoms with E-state index in [1.165, 1.54) is 33.4 Å². The van der Waals surface area contributed by atoms with Crippen LogP contribution in [-0.4, -0.2) is 28.5 Å². The number of benzene rings is 4. The smallest absolute Gasteiger partial charge is 0.132 e. The topological polar surface area (TPSA) is 49.7 Å². The summed E-state index contributed by atoms with van der Waals surface area (Å²) in [6.45, 7) is 7.11. The third kappa shape index (κ3) is 5.02. The zero-order chi connectivity index (χ0) is 27.2. The molecular weight excluding hydrogens is 480 g/mol. The van der Waals surface area contributed by atoms with Gasteiger partial charge in [-0.3, -0.25) is 0 Å². The van der Waals surface area contributed by atoms with Crippen molar-refractivity contribution in [2.45, 2.75) is 70.0 Å². The van der Waals surface area contributed by atoms with Crippen LogP contribution in [0, 0.1) is 0 Å². The van der Waals surface area contributed by atoms with E-state index in [9.17, 15) is 10.2 Å². The Kier molecular flexibility index (Phi) is 6.61. The van der Waals surface area contributed by atoms with E-state index in [4.69, 9.17) is 4.74 Å². The Hall–Kier alpha value is -3.40. The molecule has 0 aliphatic heterocycles. The highest BCUT2D eigenvalue weighted by Crippen LogP contribution is 2.56. The number of ether oxygens (including phenoxy) is 1. The lowest BCUT2D eigenvalue weighted by Crippen LogP contribution is -2.22. The Balaban J connectivity index is 1.59. The van der Waals surface area contributed by atoms with E-state index in [-0.39, 0.29) is 12.0 Å². The van der Waals surface area contributed by atoms with Crippen molar-refractivity contribution >= 4 is 0 Å². The first kappa shape index (κ1) is 25.9. The molecule has 0 radical (unpaired) electrons. The highest BCUT2D eigenvalue weighted by Gasteiger charge is 2.40. The van der Waals surface area contributed by atoms with Crippen molar-refractivity contribution in [1.82, 2.24) is 0 Å². The molecule has 0 spiro atoms. The van der Waals surface area contributed by atoms with Crippen LogP contribution in [0.15, 0.2) is 84.9 Å². The van der Waals surface area contributed by atoms with Crippen molar-refractivity contribution in [3.63, 3.8) is 0 Å². The van der Waals surface area contributed by atoms with Crippen LogP contribution in [0.1, 0.15) is 63.1 Å². The van der Waals surface area contributed by atoms with E-state index in [0.29, 0.717) is 12.8 Å². The molecule has 3 heteroatoms. The molecule has 0 aromatic heterocycles. The van der Waals surface area contributed by atoms with Gasteiger partial charge in [-0.2, -0.15) is 0 Å². The Bertz CT molecular complexity index is 1480. The molecule has 4 aromatic carbocycles. The molecule has 39 heavy (non-hydrogen) atoms. The van der Waals surface area contributed by atoms with Crippen molar-refractivity contribution in [1.29, 1.82) is 0 Å². The standard InChI is InChI=1S/C36H38O3/c1-35(2,3)33-30(24-12-6-4-7-13-24)31(25-14-8-5-9-15-25)34(39-23-27(37)18-19-36(38)20-21-36)29-22-26-16-10-11-17-28(26)32(29)33/h4-17,27,37-38H,18-23H2,1-3H3/t27-/m1/s1. The van der Waals surface area contributed by atoms with Gasteiger partial charge in [0.1, 0.15) is 12.4 Å². The summed E-state index contributed by atoms with van der Waals surface area (Å²) in [6.07, 6.45) is 2.98. The second-order valence-electron chi connectivity index (χ2n) is 12.4. The van der Waals surface area contributed by atoms with Gasteiger partial charge in [0.05, 0.1) is 11.7 Å². The predicted octanol–water partition coefficient (Wildman–Crippen LogP) is 7.93. The minimum Gasteiger partial charge on any atom is -0.490 e. The van der Waals surface area contributed by atoms with Crippen molar-refractivity contribution in [2.24, 2.45) is 0 Å². The van der Waals surface area contributed by atoms with Crippen molar-refractivity contribution in [2.75, 3.05) is 6.61 Å². The molecule has 0 amide bonds.